The lowest BCUT2D eigenvalue weighted by atomic mass is 10.1. The Labute approximate surface area is 99.9 Å². The predicted octanol–water partition coefficient (Wildman–Crippen LogP) is 4.12. The van der Waals surface area contributed by atoms with Gasteiger partial charge in [0.25, 0.3) is 0 Å². The van der Waals surface area contributed by atoms with Gasteiger partial charge in [0.2, 0.25) is 0 Å². The van der Waals surface area contributed by atoms with Gasteiger partial charge in [0.1, 0.15) is 0 Å². The molecular weight excluding hydrogens is 214 g/mol. The van der Waals surface area contributed by atoms with Gasteiger partial charge < -0.3 is 0 Å². The Hall–Kier alpha value is -1.54. The van der Waals surface area contributed by atoms with Gasteiger partial charge in [0.05, 0.1) is 5.52 Å². The molecule has 1 nitrogen and oxygen atoms in total. The van der Waals surface area contributed by atoms with Crippen molar-refractivity contribution in [3.63, 3.8) is 0 Å². The number of benzene rings is 1. The third-order valence-electron chi connectivity index (χ3n) is 2.39. The van der Waals surface area contributed by atoms with E-state index in [2.05, 4.69) is 29.1 Å². The van der Waals surface area contributed by atoms with Crippen molar-refractivity contribution >= 4 is 28.2 Å². The quantitative estimate of drug-likeness (QED) is 0.731. The summed E-state index contributed by atoms with van der Waals surface area (Å²) >= 11 is 1.67. The average molecular weight is 227 g/mol. The first kappa shape index (κ1) is 11.0. The van der Waals surface area contributed by atoms with E-state index in [0.717, 1.165) is 22.0 Å². The number of nitrogens with zero attached hydrogens (tertiary/aromatic N) is 1. The van der Waals surface area contributed by atoms with Crippen LogP contribution in [0.4, 0.5) is 0 Å². The van der Waals surface area contributed by atoms with Crippen LogP contribution in [-0.4, -0.2) is 11.2 Å². The molecule has 2 aromatic rings. The van der Waals surface area contributed by atoms with Crippen LogP contribution in [0.25, 0.3) is 16.5 Å². The first-order valence-corrected chi connectivity index (χ1v) is 6.34. The monoisotopic (exact) mass is 227 g/mol. The zero-order valence-corrected chi connectivity index (χ0v) is 10.00. The van der Waals surface area contributed by atoms with Crippen molar-refractivity contribution in [2.75, 3.05) is 6.26 Å². The van der Waals surface area contributed by atoms with Gasteiger partial charge in [-0.3, -0.25) is 4.98 Å². The van der Waals surface area contributed by atoms with Crippen LogP contribution in [0.2, 0.25) is 0 Å². The second kappa shape index (κ2) is 4.99. The minimum absolute atomic E-state index is 1.03. The Morgan fingerprint density at radius 3 is 2.94 bits per heavy atom. The van der Waals surface area contributed by atoms with Crippen molar-refractivity contribution in [2.24, 2.45) is 0 Å². The van der Waals surface area contributed by atoms with Crippen LogP contribution in [0.1, 0.15) is 5.56 Å². The van der Waals surface area contributed by atoms with E-state index < -0.39 is 0 Å². The molecule has 0 spiro atoms. The molecule has 0 bridgehead atoms. The minimum Gasteiger partial charge on any atom is -0.256 e. The van der Waals surface area contributed by atoms with Crippen LogP contribution in [0.3, 0.4) is 0 Å². The summed E-state index contributed by atoms with van der Waals surface area (Å²) in [6.45, 7) is 3.83. The van der Waals surface area contributed by atoms with E-state index in [0.29, 0.717) is 0 Å². The maximum absolute atomic E-state index is 4.43. The number of aromatic nitrogens is 1. The molecule has 0 unspecified atom stereocenters. The van der Waals surface area contributed by atoms with Crippen LogP contribution in [-0.2, 0) is 0 Å². The summed E-state index contributed by atoms with van der Waals surface area (Å²) in [6.07, 6.45) is 5.80. The van der Waals surface area contributed by atoms with Crippen molar-refractivity contribution in [1.29, 1.82) is 0 Å². The molecule has 0 aliphatic carbocycles. The van der Waals surface area contributed by atoms with Crippen molar-refractivity contribution in [3.8, 4) is 0 Å². The number of rotatable bonds is 3. The van der Waals surface area contributed by atoms with E-state index >= 15 is 0 Å². The van der Waals surface area contributed by atoms with Crippen LogP contribution in [0, 0.1) is 0 Å². The topological polar surface area (TPSA) is 12.9 Å². The molecule has 1 aromatic carbocycles. The van der Waals surface area contributed by atoms with Gasteiger partial charge in [-0.15, -0.1) is 11.8 Å². The summed E-state index contributed by atoms with van der Waals surface area (Å²) < 4.78 is 0. The number of para-hydroxylation sites is 1. The maximum Gasteiger partial charge on any atom is 0.0702 e. The third kappa shape index (κ3) is 2.17. The van der Waals surface area contributed by atoms with Crippen molar-refractivity contribution in [2.45, 2.75) is 0 Å². The van der Waals surface area contributed by atoms with Gasteiger partial charge in [-0.25, -0.2) is 0 Å². The summed E-state index contributed by atoms with van der Waals surface area (Å²) in [7, 11) is 0. The lowest BCUT2D eigenvalue weighted by Gasteiger charge is -2.03. The minimum atomic E-state index is 1.03. The Kier molecular flexibility index (Phi) is 3.42. The summed E-state index contributed by atoms with van der Waals surface area (Å²) in [5.74, 6) is 0. The van der Waals surface area contributed by atoms with Crippen LogP contribution in [0.5, 0.6) is 0 Å². The maximum atomic E-state index is 4.43. The van der Waals surface area contributed by atoms with Gasteiger partial charge in [-0.05, 0) is 29.4 Å². The van der Waals surface area contributed by atoms with E-state index in [9.17, 15) is 0 Å². The molecule has 1 aromatic heterocycles. The molecule has 0 fully saturated rings. The fourth-order valence-electron chi connectivity index (χ4n) is 1.59. The lowest BCUT2D eigenvalue weighted by molar-refractivity contribution is 1.39. The van der Waals surface area contributed by atoms with Crippen LogP contribution in [0.15, 0.2) is 54.6 Å². The largest absolute Gasteiger partial charge is 0.256 e. The molecule has 0 aliphatic heterocycles. The molecule has 80 valence electrons. The Bertz CT molecular complexity index is 543. The smallest absolute Gasteiger partial charge is 0.0702 e. The molecule has 0 saturated heterocycles. The van der Waals surface area contributed by atoms with Crippen LogP contribution >= 0.6 is 11.8 Å². The molecule has 16 heavy (non-hydrogen) atoms. The fraction of sp³-hybridized carbons (Fsp3) is 0.0714. The highest BCUT2D eigenvalue weighted by Gasteiger charge is 2.00. The first-order valence-electron chi connectivity index (χ1n) is 5.05. The highest BCUT2D eigenvalue weighted by molar-refractivity contribution is 8.01. The summed E-state index contributed by atoms with van der Waals surface area (Å²) in [5, 5.41) is 3.24. The molecule has 0 radical (unpaired) electrons. The van der Waals surface area contributed by atoms with E-state index in [1.807, 2.05) is 36.7 Å². The first-order chi connectivity index (χ1) is 7.85. The molecule has 2 heteroatoms. The molecule has 0 saturated carbocycles. The number of hydrogen-bond donors (Lipinski definition) is 0. The van der Waals surface area contributed by atoms with E-state index in [4.69, 9.17) is 0 Å². The van der Waals surface area contributed by atoms with Crippen molar-refractivity contribution in [1.82, 2.24) is 4.98 Å². The van der Waals surface area contributed by atoms with E-state index in [-0.39, 0.29) is 0 Å². The second-order valence-corrected chi connectivity index (χ2v) is 4.14. The summed E-state index contributed by atoms with van der Waals surface area (Å²) in [6, 6.07) is 10.3. The second-order valence-electron chi connectivity index (χ2n) is 3.43. The summed E-state index contributed by atoms with van der Waals surface area (Å²) in [5.41, 5.74) is 3.26. The normalized spacial score (nSPS) is 11.7. The van der Waals surface area contributed by atoms with Crippen molar-refractivity contribution < 1.29 is 0 Å². The van der Waals surface area contributed by atoms with Crippen LogP contribution < -0.4 is 0 Å². The Morgan fingerprint density at radius 2 is 2.19 bits per heavy atom. The molecule has 0 amide bonds. The van der Waals surface area contributed by atoms with Gasteiger partial charge in [-0.2, -0.15) is 0 Å². The highest BCUT2D eigenvalue weighted by atomic mass is 32.2. The molecule has 0 aliphatic rings. The zero-order valence-electron chi connectivity index (χ0n) is 9.18. The van der Waals surface area contributed by atoms with E-state index in [1.165, 1.54) is 0 Å². The van der Waals surface area contributed by atoms with Gasteiger partial charge in [0.15, 0.2) is 0 Å². The Balaban J connectivity index is 2.54. The molecule has 0 atom stereocenters. The number of allylic oxidation sites excluding steroid dienone is 2. The fourth-order valence-corrected chi connectivity index (χ4v) is 2.08. The molecule has 1 heterocycles. The zero-order chi connectivity index (χ0) is 11.4. The highest BCUT2D eigenvalue weighted by Crippen LogP contribution is 2.21. The SMILES string of the molecule is C=C/C(=C\SC)c1cnc2ccccc2c1. The predicted molar refractivity (Wildman–Crippen MR) is 73.4 cm³/mol. The average Bonchev–Trinajstić information content (AvgIpc) is 2.35. The van der Waals surface area contributed by atoms with Crippen molar-refractivity contribution in [3.05, 3.63) is 60.2 Å². The third-order valence-corrected chi connectivity index (χ3v) is 2.88. The number of thioether (sulfide) groups is 1. The number of fused-ring (bicyclic) bond motifs is 1. The lowest BCUT2D eigenvalue weighted by Crippen LogP contribution is -1.84. The van der Waals surface area contributed by atoms with E-state index in [1.54, 1.807) is 11.8 Å². The Morgan fingerprint density at radius 1 is 1.38 bits per heavy atom. The van der Waals surface area contributed by atoms with Gasteiger partial charge in [-0.1, -0.05) is 30.9 Å². The number of hydrogen-bond acceptors (Lipinski definition) is 2. The summed E-state index contributed by atoms with van der Waals surface area (Å²) in [4.78, 5) is 4.43. The molecular formula is C14H13NS. The molecule has 0 N–H and O–H groups in total. The standard InChI is InChI=1S/C14H13NS/c1-3-11(10-16-2)13-8-12-6-4-5-7-14(12)15-9-13/h3-10H,1H2,2H3/b11-10+. The molecule has 2 rings (SSSR count). The number of pyridine rings is 1. The van der Waals surface area contributed by atoms with Gasteiger partial charge in [0, 0.05) is 17.1 Å². The van der Waals surface area contributed by atoms with Gasteiger partial charge >= 0.3 is 0 Å².